The largest absolute Gasteiger partial charge is 0.465 e. The summed E-state index contributed by atoms with van der Waals surface area (Å²) in [7, 11) is 0. The van der Waals surface area contributed by atoms with Gasteiger partial charge in [-0.05, 0) is 17.7 Å². The molecule has 1 amide bonds. The molecule has 16 heavy (non-hydrogen) atoms. The van der Waals surface area contributed by atoms with Crippen LogP contribution in [-0.2, 0) is 0 Å². The van der Waals surface area contributed by atoms with Crippen LogP contribution < -0.4 is 5.32 Å². The quantitative estimate of drug-likeness (QED) is 0.601. The van der Waals surface area contributed by atoms with E-state index < -0.39 is 11.0 Å². The van der Waals surface area contributed by atoms with E-state index in [-0.39, 0.29) is 5.69 Å². The highest BCUT2D eigenvalue weighted by Crippen LogP contribution is 2.12. The van der Waals surface area contributed by atoms with Gasteiger partial charge in [0.15, 0.2) is 0 Å². The SMILES string of the molecule is O=C(O)N[CH]/C=C/c1ccc([N+](=O)[O-])cc1. The van der Waals surface area contributed by atoms with Gasteiger partial charge in [-0.1, -0.05) is 12.2 Å². The second kappa shape index (κ2) is 5.50. The number of hydrogen-bond acceptors (Lipinski definition) is 3. The minimum absolute atomic E-state index is 0.0183. The lowest BCUT2D eigenvalue weighted by Crippen LogP contribution is -2.15. The summed E-state index contributed by atoms with van der Waals surface area (Å²) in [5.74, 6) is 0. The average Bonchev–Trinajstić information content (AvgIpc) is 2.25. The third-order valence-corrected chi connectivity index (χ3v) is 1.70. The predicted octanol–water partition coefficient (Wildman–Crippen LogP) is 2.04. The van der Waals surface area contributed by atoms with Crippen LogP contribution in [0.5, 0.6) is 0 Å². The van der Waals surface area contributed by atoms with Crippen molar-refractivity contribution >= 4 is 17.9 Å². The summed E-state index contributed by atoms with van der Waals surface area (Å²) in [5.41, 5.74) is 0.763. The van der Waals surface area contributed by atoms with Gasteiger partial charge in [0.05, 0.1) is 11.5 Å². The maximum absolute atomic E-state index is 10.4. The van der Waals surface area contributed by atoms with Gasteiger partial charge < -0.3 is 10.4 Å². The molecule has 0 saturated carbocycles. The summed E-state index contributed by atoms with van der Waals surface area (Å²) in [5, 5.41) is 20.7. The second-order valence-electron chi connectivity index (χ2n) is 2.82. The molecular formula is C10H9N2O4. The van der Waals surface area contributed by atoms with Crippen LogP contribution in [0.4, 0.5) is 10.5 Å². The Balaban J connectivity index is 2.55. The normalized spacial score (nSPS) is 10.2. The molecular weight excluding hydrogens is 212 g/mol. The summed E-state index contributed by atoms with van der Waals surface area (Å²) in [6.07, 6.45) is 1.97. The van der Waals surface area contributed by atoms with Crippen molar-refractivity contribution in [3.8, 4) is 0 Å². The van der Waals surface area contributed by atoms with Crippen molar-refractivity contribution in [3.63, 3.8) is 0 Å². The summed E-state index contributed by atoms with van der Waals surface area (Å²) in [6.45, 7) is 1.25. The molecule has 1 radical (unpaired) electrons. The number of nitro benzene ring substituents is 1. The Morgan fingerprint density at radius 1 is 1.38 bits per heavy atom. The summed E-state index contributed by atoms with van der Waals surface area (Å²) in [6, 6.07) is 5.90. The van der Waals surface area contributed by atoms with Crippen molar-refractivity contribution < 1.29 is 14.8 Å². The van der Waals surface area contributed by atoms with Crippen molar-refractivity contribution in [2.24, 2.45) is 0 Å². The standard InChI is InChI=1S/C10H9N2O4/c13-10(14)11-7-1-2-8-3-5-9(6-4-8)12(15)16/h1-7,11H,(H,13,14)/b2-1+. The topological polar surface area (TPSA) is 92.5 Å². The summed E-state index contributed by atoms with van der Waals surface area (Å²) >= 11 is 0. The molecule has 0 saturated heterocycles. The van der Waals surface area contributed by atoms with Gasteiger partial charge in [-0.25, -0.2) is 4.79 Å². The van der Waals surface area contributed by atoms with E-state index in [4.69, 9.17) is 5.11 Å². The van der Waals surface area contributed by atoms with Crippen LogP contribution in [-0.4, -0.2) is 16.1 Å². The lowest BCUT2D eigenvalue weighted by molar-refractivity contribution is -0.384. The minimum Gasteiger partial charge on any atom is -0.465 e. The molecule has 83 valence electrons. The van der Waals surface area contributed by atoms with E-state index in [9.17, 15) is 14.9 Å². The van der Waals surface area contributed by atoms with Crippen LogP contribution in [0.3, 0.4) is 0 Å². The monoisotopic (exact) mass is 221 g/mol. The van der Waals surface area contributed by atoms with Crippen LogP contribution in [0.15, 0.2) is 30.3 Å². The van der Waals surface area contributed by atoms with E-state index in [2.05, 4.69) is 0 Å². The van der Waals surface area contributed by atoms with Gasteiger partial charge in [-0.3, -0.25) is 10.1 Å². The fourth-order valence-electron chi connectivity index (χ4n) is 0.986. The highest BCUT2D eigenvalue weighted by Gasteiger charge is 2.01. The first-order valence-corrected chi connectivity index (χ1v) is 4.33. The number of hydrogen-bond donors (Lipinski definition) is 2. The van der Waals surface area contributed by atoms with E-state index >= 15 is 0 Å². The van der Waals surface area contributed by atoms with Gasteiger partial charge in [-0.15, -0.1) is 0 Å². The van der Waals surface area contributed by atoms with E-state index in [0.717, 1.165) is 5.56 Å². The third kappa shape index (κ3) is 3.79. The van der Waals surface area contributed by atoms with E-state index in [1.54, 1.807) is 18.2 Å². The molecule has 0 aliphatic carbocycles. The number of rotatable bonds is 4. The van der Waals surface area contributed by atoms with Gasteiger partial charge in [0.2, 0.25) is 0 Å². The molecule has 0 aliphatic rings. The molecule has 1 aromatic carbocycles. The van der Waals surface area contributed by atoms with Gasteiger partial charge in [0.1, 0.15) is 0 Å². The number of non-ortho nitro benzene ring substituents is 1. The highest BCUT2D eigenvalue weighted by atomic mass is 16.6. The number of nitrogens with zero attached hydrogens (tertiary/aromatic N) is 1. The average molecular weight is 221 g/mol. The first kappa shape index (κ1) is 11.7. The maximum atomic E-state index is 10.4. The van der Waals surface area contributed by atoms with Gasteiger partial charge in [0, 0.05) is 12.1 Å². The lowest BCUT2D eigenvalue weighted by atomic mass is 10.2. The van der Waals surface area contributed by atoms with Gasteiger partial charge in [0.25, 0.3) is 5.69 Å². The number of benzene rings is 1. The Labute approximate surface area is 91.4 Å². The van der Waals surface area contributed by atoms with Gasteiger partial charge >= 0.3 is 6.09 Å². The molecule has 0 heterocycles. The van der Waals surface area contributed by atoms with E-state index in [0.29, 0.717) is 0 Å². The Hall–Kier alpha value is -2.37. The summed E-state index contributed by atoms with van der Waals surface area (Å²) in [4.78, 5) is 20.0. The first-order valence-electron chi connectivity index (χ1n) is 4.33. The Bertz CT molecular complexity index is 411. The Morgan fingerprint density at radius 2 is 2.00 bits per heavy atom. The smallest absolute Gasteiger partial charge is 0.405 e. The van der Waals surface area contributed by atoms with Crippen molar-refractivity contribution in [3.05, 3.63) is 52.6 Å². The van der Waals surface area contributed by atoms with Crippen molar-refractivity contribution in [1.29, 1.82) is 0 Å². The minimum atomic E-state index is -1.15. The second-order valence-corrected chi connectivity index (χ2v) is 2.82. The molecule has 0 bridgehead atoms. The van der Waals surface area contributed by atoms with Crippen LogP contribution >= 0.6 is 0 Å². The van der Waals surface area contributed by atoms with Crippen LogP contribution in [0.1, 0.15) is 5.56 Å². The lowest BCUT2D eigenvalue weighted by Gasteiger charge is -1.94. The number of nitro groups is 1. The molecule has 0 unspecified atom stereocenters. The third-order valence-electron chi connectivity index (χ3n) is 1.70. The molecule has 1 rings (SSSR count). The molecule has 0 aliphatic heterocycles. The van der Waals surface area contributed by atoms with Crippen LogP contribution in [0, 0.1) is 16.7 Å². The first-order chi connectivity index (χ1) is 7.59. The molecule has 6 nitrogen and oxygen atoms in total. The fraction of sp³-hybridized carbons (Fsp3) is 0. The van der Waals surface area contributed by atoms with Crippen LogP contribution in [0.2, 0.25) is 0 Å². The van der Waals surface area contributed by atoms with Crippen molar-refractivity contribution in [2.45, 2.75) is 0 Å². The number of carbonyl (C=O) groups is 1. The van der Waals surface area contributed by atoms with Gasteiger partial charge in [-0.2, -0.15) is 0 Å². The molecule has 1 aromatic rings. The Kier molecular flexibility index (Phi) is 4.02. The van der Waals surface area contributed by atoms with Crippen molar-refractivity contribution in [2.75, 3.05) is 0 Å². The zero-order valence-electron chi connectivity index (χ0n) is 8.16. The maximum Gasteiger partial charge on any atom is 0.405 e. The number of nitrogens with one attached hydrogen (secondary N) is 1. The molecule has 0 atom stereocenters. The van der Waals surface area contributed by atoms with E-state index in [1.165, 1.54) is 24.8 Å². The Morgan fingerprint density at radius 3 is 2.50 bits per heavy atom. The van der Waals surface area contributed by atoms with Crippen molar-refractivity contribution in [1.82, 2.24) is 5.32 Å². The number of carboxylic acid groups (broad SMARTS) is 1. The predicted molar refractivity (Wildman–Crippen MR) is 57.6 cm³/mol. The highest BCUT2D eigenvalue weighted by molar-refractivity contribution is 5.66. The van der Waals surface area contributed by atoms with Crippen LogP contribution in [0.25, 0.3) is 6.08 Å². The number of amides is 1. The molecule has 0 fully saturated rings. The van der Waals surface area contributed by atoms with E-state index in [1.807, 2.05) is 5.32 Å². The zero-order chi connectivity index (χ0) is 12.0. The zero-order valence-corrected chi connectivity index (χ0v) is 8.16. The molecule has 6 heteroatoms. The summed E-state index contributed by atoms with van der Waals surface area (Å²) < 4.78 is 0. The fourth-order valence-corrected chi connectivity index (χ4v) is 0.986. The molecule has 2 N–H and O–H groups in total. The molecule has 0 aromatic heterocycles. The molecule has 0 spiro atoms.